The first-order valence-corrected chi connectivity index (χ1v) is 12.0. The summed E-state index contributed by atoms with van der Waals surface area (Å²) in [5.41, 5.74) is 9.09. The number of furan rings is 1. The quantitative estimate of drug-likeness (QED) is 0.215. The number of hydrogen-bond acceptors (Lipinski definition) is 7. The molecule has 2 aromatic heterocycles. The number of nitrogens with two attached hydrogens (primary N) is 1. The Morgan fingerprint density at radius 3 is 2.73 bits per heavy atom. The van der Waals surface area contributed by atoms with Crippen LogP contribution in [-0.4, -0.2) is 16.6 Å². The van der Waals surface area contributed by atoms with E-state index in [2.05, 4.69) is 9.97 Å². The van der Waals surface area contributed by atoms with Crippen molar-refractivity contribution in [1.29, 1.82) is 0 Å². The summed E-state index contributed by atoms with van der Waals surface area (Å²) in [7, 11) is 0. The van der Waals surface area contributed by atoms with Crippen molar-refractivity contribution in [2.24, 2.45) is 0 Å². The smallest absolute Gasteiger partial charge is 0.138 e. The lowest BCUT2D eigenvalue weighted by molar-refractivity contribution is 0.112. The van der Waals surface area contributed by atoms with Crippen molar-refractivity contribution in [3.8, 4) is 17.1 Å². The number of aromatic nitrogens is 2. The van der Waals surface area contributed by atoms with Crippen LogP contribution in [0.15, 0.2) is 83.5 Å². The number of nitrogen functional groups attached to an aromatic ring is 1. The molecule has 0 fully saturated rings. The largest absolute Gasteiger partial charge is 0.487 e. The summed E-state index contributed by atoms with van der Waals surface area (Å²) < 4.78 is 25.3. The van der Waals surface area contributed by atoms with E-state index in [0.717, 1.165) is 22.2 Å². The minimum atomic E-state index is -0.310. The highest BCUT2D eigenvalue weighted by molar-refractivity contribution is 6.32. The van der Waals surface area contributed by atoms with Crippen molar-refractivity contribution < 1.29 is 18.4 Å². The molecule has 7 nitrogen and oxygen atoms in total. The number of halogens is 2. The van der Waals surface area contributed by atoms with Crippen LogP contribution in [0.4, 0.5) is 15.9 Å². The first-order chi connectivity index (χ1) is 18.0. The van der Waals surface area contributed by atoms with Gasteiger partial charge in [-0.2, -0.15) is 0 Å². The Hall–Kier alpha value is -4.14. The summed E-state index contributed by atoms with van der Waals surface area (Å²) >= 11 is 6.49. The van der Waals surface area contributed by atoms with Crippen LogP contribution < -0.4 is 15.5 Å². The fraction of sp³-hybridized carbons (Fsp3) is 0.143. The Morgan fingerprint density at radius 1 is 1.03 bits per heavy atom. The van der Waals surface area contributed by atoms with Crippen LogP contribution in [-0.2, 0) is 18.0 Å². The van der Waals surface area contributed by atoms with E-state index >= 15 is 0 Å². The molecule has 5 aromatic rings. The molecule has 0 saturated carbocycles. The maximum absolute atomic E-state index is 13.4. The predicted octanol–water partition coefficient (Wildman–Crippen LogP) is 6.80. The monoisotopic (exact) mass is 518 g/mol. The van der Waals surface area contributed by atoms with Gasteiger partial charge in [0.15, 0.2) is 0 Å². The zero-order valence-corrected chi connectivity index (χ0v) is 20.8. The molecule has 0 aliphatic heterocycles. The number of fused-ring (bicyclic) bond motifs is 1. The Kier molecular flexibility index (Phi) is 7.20. The molecule has 0 aliphatic carbocycles. The van der Waals surface area contributed by atoms with Gasteiger partial charge in [0.1, 0.15) is 48.4 Å². The topological polar surface area (TPSA) is 86.6 Å². The van der Waals surface area contributed by atoms with Gasteiger partial charge in [-0.05, 0) is 73.2 Å². The van der Waals surface area contributed by atoms with Crippen LogP contribution in [0.3, 0.4) is 0 Å². The summed E-state index contributed by atoms with van der Waals surface area (Å²) in [5, 5.41) is 2.88. The molecule has 37 heavy (non-hydrogen) atoms. The van der Waals surface area contributed by atoms with Gasteiger partial charge in [0, 0.05) is 10.9 Å². The molecule has 5 rings (SSSR count). The Labute approximate surface area is 218 Å². The van der Waals surface area contributed by atoms with E-state index < -0.39 is 0 Å². The highest BCUT2D eigenvalue weighted by Gasteiger charge is 2.15. The molecule has 0 unspecified atom stereocenters. The van der Waals surface area contributed by atoms with Gasteiger partial charge in [-0.15, -0.1) is 0 Å². The molecular formula is C28H24ClFN4O3. The Bertz CT molecular complexity index is 1540. The number of benzene rings is 3. The number of ether oxygens (including phenoxy) is 1. The summed E-state index contributed by atoms with van der Waals surface area (Å²) in [6, 6.07) is 21.1. The van der Waals surface area contributed by atoms with E-state index in [9.17, 15) is 4.39 Å². The first kappa shape index (κ1) is 24.5. The van der Waals surface area contributed by atoms with Gasteiger partial charge < -0.3 is 14.9 Å². The number of hydrogen-bond donors (Lipinski definition) is 1. The fourth-order valence-corrected chi connectivity index (χ4v) is 4.14. The van der Waals surface area contributed by atoms with Gasteiger partial charge in [0.25, 0.3) is 0 Å². The second-order valence-corrected chi connectivity index (χ2v) is 8.65. The standard InChI is InChI=1S/C28H24ClFN4O3/c1-2-36-34(21-7-10-27(24(29)14-21)35-16-18-4-3-5-20(30)12-18)15-22-8-11-26(37-22)19-6-9-25-23(13-19)28(31)33-17-32-25/h3-14,17H,2,15-16H2,1H3,(H2,31,32,33). The number of nitrogens with zero attached hydrogens (tertiary/aromatic N) is 3. The van der Waals surface area contributed by atoms with E-state index in [0.29, 0.717) is 46.8 Å². The molecule has 0 radical (unpaired) electrons. The van der Waals surface area contributed by atoms with E-state index in [1.165, 1.54) is 18.5 Å². The molecule has 0 spiro atoms. The minimum absolute atomic E-state index is 0.202. The van der Waals surface area contributed by atoms with Gasteiger partial charge in [0.05, 0.1) is 22.8 Å². The molecule has 0 aliphatic rings. The molecule has 9 heteroatoms. The summed E-state index contributed by atoms with van der Waals surface area (Å²) in [6.45, 7) is 2.91. The van der Waals surface area contributed by atoms with Crippen molar-refractivity contribution in [2.45, 2.75) is 20.1 Å². The average Bonchev–Trinajstić information content (AvgIpc) is 3.36. The molecule has 0 saturated heterocycles. The normalized spacial score (nSPS) is 11.1. The van der Waals surface area contributed by atoms with Gasteiger partial charge in [-0.3, -0.25) is 4.84 Å². The lowest BCUT2D eigenvalue weighted by Crippen LogP contribution is -2.22. The fourth-order valence-electron chi connectivity index (χ4n) is 3.91. The van der Waals surface area contributed by atoms with Crippen molar-refractivity contribution in [2.75, 3.05) is 17.4 Å². The molecule has 0 atom stereocenters. The molecule has 3 aromatic carbocycles. The third kappa shape index (κ3) is 5.66. The SMILES string of the molecule is CCON(Cc1ccc(-c2ccc3ncnc(N)c3c2)o1)c1ccc(OCc2cccc(F)c2)c(Cl)c1. The van der Waals surface area contributed by atoms with E-state index in [1.807, 2.05) is 43.3 Å². The summed E-state index contributed by atoms with van der Waals surface area (Å²) in [5.74, 6) is 1.99. The molecular weight excluding hydrogens is 495 g/mol. The molecule has 2 N–H and O–H groups in total. The van der Waals surface area contributed by atoms with Crippen molar-refractivity contribution in [3.05, 3.63) is 101 Å². The van der Waals surface area contributed by atoms with E-state index in [1.54, 1.807) is 29.3 Å². The van der Waals surface area contributed by atoms with Gasteiger partial charge in [0.2, 0.25) is 0 Å². The van der Waals surface area contributed by atoms with Gasteiger partial charge in [-0.1, -0.05) is 23.7 Å². The second-order valence-electron chi connectivity index (χ2n) is 8.24. The number of anilines is 2. The maximum Gasteiger partial charge on any atom is 0.138 e. The van der Waals surface area contributed by atoms with Gasteiger partial charge >= 0.3 is 0 Å². The van der Waals surface area contributed by atoms with Crippen LogP contribution >= 0.6 is 11.6 Å². The first-order valence-electron chi connectivity index (χ1n) is 11.7. The zero-order valence-electron chi connectivity index (χ0n) is 20.0. The lowest BCUT2D eigenvalue weighted by Gasteiger charge is -2.23. The zero-order chi connectivity index (χ0) is 25.8. The highest BCUT2D eigenvalue weighted by Crippen LogP contribution is 2.32. The Morgan fingerprint density at radius 2 is 1.92 bits per heavy atom. The predicted molar refractivity (Wildman–Crippen MR) is 142 cm³/mol. The van der Waals surface area contributed by atoms with E-state index in [-0.39, 0.29) is 12.4 Å². The number of hydroxylamine groups is 1. The number of rotatable bonds is 9. The van der Waals surface area contributed by atoms with Crippen LogP contribution in [0.5, 0.6) is 5.75 Å². The van der Waals surface area contributed by atoms with Crippen LogP contribution in [0, 0.1) is 5.82 Å². The van der Waals surface area contributed by atoms with E-state index in [4.69, 9.17) is 31.3 Å². The molecule has 2 heterocycles. The third-order valence-corrected chi connectivity index (χ3v) is 5.98. The minimum Gasteiger partial charge on any atom is -0.487 e. The van der Waals surface area contributed by atoms with Crippen LogP contribution in [0.2, 0.25) is 5.02 Å². The van der Waals surface area contributed by atoms with Gasteiger partial charge in [-0.25, -0.2) is 19.4 Å². The lowest BCUT2D eigenvalue weighted by atomic mass is 10.1. The maximum atomic E-state index is 13.4. The molecule has 0 bridgehead atoms. The highest BCUT2D eigenvalue weighted by atomic mass is 35.5. The van der Waals surface area contributed by atoms with Crippen molar-refractivity contribution in [3.63, 3.8) is 0 Å². The van der Waals surface area contributed by atoms with Crippen LogP contribution in [0.25, 0.3) is 22.2 Å². The van der Waals surface area contributed by atoms with Crippen molar-refractivity contribution in [1.82, 2.24) is 9.97 Å². The van der Waals surface area contributed by atoms with Crippen molar-refractivity contribution >= 4 is 34.0 Å². The summed E-state index contributed by atoms with van der Waals surface area (Å²) in [4.78, 5) is 14.2. The second kappa shape index (κ2) is 10.9. The molecule has 188 valence electrons. The Balaban J connectivity index is 1.31. The van der Waals surface area contributed by atoms with Crippen LogP contribution in [0.1, 0.15) is 18.2 Å². The summed E-state index contributed by atoms with van der Waals surface area (Å²) in [6.07, 6.45) is 1.44. The third-order valence-electron chi connectivity index (χ3n) is 5.68. The average molecular weight is 519 g/mol. The molecule has 0 amide bonds.